The first-order valence-corrected chi connectivity index (χ1v) is 7.00. The second-order valence-electron chi connectivity index (χ2n) is 4.39. The van der Waals surface area contributed by atoms with Crippen molar-refractivity contribution in [3.63, 3.8) is 0 Å². The van der Waals surface area contributed by atoms with Crippen molar-refractivity contribution in [2.45, 2.75) is 25.8 Å². The van der Waals surface area contributed by atoms with Crippen LogP contribution < -0.4 is 5.32 Å². The third-order valence-corrected chi connectivity index (χ3v) is 4.04. The van der Waals surface area contributed by atoms with E-state index < -0.39 is 5.97 Å². The van der Waals surface area contributed by atoms with Gasteiger partial charge in [-0.25, -0.2) is 4.79 Å². The van der Waals surface area contributed by atoms with Crippen LogP contribution in [0.2, 0.25) is 0 Å². The highest BCUT2D eigenvalue weighted by molar-refractivity contribution is 7.99. The quantitative estimate of drug-likeness (QED) is 0.867. The maximum Gasteiger partial charge on any atom is 0.337 e. The summed E-state index contributed by atoms with van der Waals surface area (Å²) in [6.07, 6.45) is 2.22. The number of hydrogen-bond donors (Lipinski definition) is 2. The molecule has 1 aliphatic heterocycles. The molecule has 1 heterocycles. The summed E-state index contributed by atoms with van der Waals surface area (Å²) in [4.78, 5) is 11.1. The number of anilines is 1. The minimum absolute atomic E-state index is 0.369. The van der Waals surface area contributed by atoms with Crippen LogP contribution in [0.25, 0.3) is 0 Å². The topological polar surface area (TPSA) is 49.3 Å². The predicted octanol–water partition coefficient (Wildman–Crippen LogP) is 3.00. The number of hydrogen-bond acceptors (Lipinski definition) is 3. The standard InChI is InChI=1S/C13H17NO2S/c1-9-2-3-11(13(15)16)12(8-9)14-10-4-6-17-7-5-10/h2-3,8,10,14H,4-7H2,1H3,(H,15,16). The maximum absolute atomic E-state index is 11.1. The fourth-order valence-corrected chi connectivity index (χ4v) is 3.13. The van der Waals surface area contributed by atoms with Crippen molar-refractivity contribution in [2.24, 2.45) is 0 Å². The van der Waals surface area contributed by atoms with Gasteiger partial charge in [0.15, 0.2) is 0 Å². The number of aromatic carboxylic acids is 1. The van der Waals surface area contributed by atoms with Gasteiger partial charge in [-0.2, -0.15) is 11.8 Å². The lowest BCUT2D eigenvalue weighted by Crippen LogP contribution is -2.25. The van der Waals surface area contributed by atoms with Crippen molar-refractivity contribution in [1.82, 2.24) is 0 Å². The lowest BCUT2D eigenvalue weighted by atomic mass is 10.1. The van der Waals surface area contributed by atoms with E-state index in [0.29, 0.717) is 11.6 Å². The van der Waals surface area contributed by atoms with Gasteiger partial charge >= 0.3 is 5.97 Å². The first kappa shape index (κ1) is 12.3. The van der Waals surface area contributed by atoms with E-state index in [1.165, 1.54) is 0 Å². The highest BCUT2D eigenvalue weighted by Gasteiger charge is 2.16. The Morgan fingerprint density at radius 3 is 2.76 bits per heavy atom. The van der Waals surface area contributed by atoms with Crippen LogP contribution in [-0.2, 0) is 0 Å². The minimum Gasteiger partial charge on any atom is -0.478 e. The van der Waals surface area contributed by atoms with Crippen molar-refractivity contribution in [3.8, 4) is 0 Å². The average molecular weight is 251 g/mol. The summed E-state index contributed by atoms with van der Waals surface area (Å²) in [5.74, 6) is 1.45. The van der Waals surface area contributed by atoms with Gasteiger partial charge in [0.2, 0.25) is 0 Å². The molecule has 0 amide bonds. The van der Waals surface area contributed by atoms with Gasteiger partial charge in [-0.1, -0.05) is 6.07 Å². The van der Waals surface area contributed by atoms with Crippen molar-refractivity contribution < 1.29 is 9.90 Å². The molecular formula is C13H17NO2S. The third kappa shape index (κ3) is 3.16. The Hall–Kier alpha value is -1.16. The summed E-state index contributed by atoms with van der Waals surface area (Å²) in [6, 6.07) is 5.85. The Bertz CT molecular complexity index is 414. The van der Waals surface area contributed by atoms with Crippen molar-refractivity contribution >= 4 is 23.4 Å². The number of rotatable bonds is 3. The second kappa shape index (κ2) is 5.45. The molecule has 17 heavy (non-hydrogen) atoms. The maximum atomic E-state index is 11.1. The molecule has 1 fully saturated rings. The van der Waals surface area contributed by atoms with Gasteiger partial charge in [0.05, 0.1) is 5.56 Å². The zero-order valence-corrected chi connectivity index (χ0v) is 10.7. The first-order valence-electron chi connectivity index (χ1n) is 5.85. The number of nitrogens with one attached hydrogen (secondary N) is 1. The molecule has 1 aromatic rings. The number of benzene rings is 1. The van der Waals surface area contributed by atoms with E-state index >= 15 is 0 Å². The van der Waals surface area contributed by atoms with Gasteiger partial charge in [0, 0.05) is 11.7 Å². The summed E-state index contributed by atoms with van der Waals surface area (Å²) in [6.45, 7) is 1.98. The van der Waals surface area contributed by atoms with Gasteiger partial charge in [-0.15, -0.1) is 0 Å². The highest BCUT2D eigenvalue weighted by Crippen LogP contribution is 2.24. The second-order valence-corrected chi connectivity index (χ2v) is 5.61. The number of thioether (sulfide) groups is 1. The third-order valence-electron chi connectivity index (χ3n) is 2.99. The van der Waals surface area contributed by atoms with Crippen molar-refractivity contribution in [3.05, 3.63) is 29.3 Å². The Labute approximate surface area is 106 Å². The van der Waals surface area contributed by atoms with Crippen LogP contribution in [0.15, 0.2) is 18.2 Å². The van der Waals surface area contributed by atoms with Gasteiger partial charge in [-0.3, -0.25) is 0 Å². The monoisotopic (exact) mass is 251 g/mol. The normalized spacial score (nSPS) is 16.8. The Kier molecular flexibility index (Phi) is 3.94. The molecule has 3 nitrogen and oxygen atoms in total. The molecule has 2 rings (SSSR count). The molecule has 0 radical (unpaired) electrons. The Morgan fingerprint density at radius 1 is 1.41 bits per heavy atom. The predicted molar refractivity (Wildman–Crippen MR) is 72.1 cm³/mol. The van der Waals surface area contributed by atoms with E-state index in [0.717, 1.165) is 35.6 Å². The minimum atomic E-state index is -0.863. The molecule has 0 aliphatic carbocycles. The van der Waals surface area contributed by atoms with Crippen LogP contribution in [0.5, 0.6) is 0 Å². The smallest absolute Gasteiger partial charge is 0.337 e. The van der Waals surface area contributed by atoms with Crippen LogP contribution in [-0.4, -0.2) is 28.6 Å². The lowest BCUT2D eigenvalue weighted by molar-refractivity contribution is 0.0698. The van der Waals surface area contributed by atoms with E-state index in [2.05, 4.69) is 5.32 Å². The van der Waals surface area contributed by atoms with Crippen LogP contribution in [0.3, 0.4) is 0 Å². The molecule has 0 bridgehead atoms. The molecule has 1 saturated heterocycles. The van der Waals surface area contributed by atoms with Crippen molar-refractivity contribution in [2.75, 3.05) is 16.8 Å². The number of aryl methyl sites for hydroxylation is 1. The zero-order chi connectivity index (χ0) is 12.3. The molecule has 1 aromatic carbocycles. The van der Waals surface area contributed by atoms with Gasteiger partial charge in [0.1, 0.15) is 0 Å². The molecule has 4 heteroatoms. The van der Waals surface area contributed by atoms with E-state index in [9.17, 15) is 4.79 Å². The van der Waals surface area contributed by atoms with Crippen LogP contribution in [0.1, 0.15) is 28.8 Å². The molecule has 92 valence electrons. The van der Waals surface area contributed by atoms with E-state index in [4.69, 9.17) is 5.11 Å². The summed E-state index contributed by atoms with van der Waals surface area (Å²) >= 11 is 1.97. The highest BCUT2D eigenvalue weighted by atomic mass is 32.2. The molecule has 0 aromatic heterocycles. The number of carboxylic acids is 1. The SMILES string of the molecule is Cc1ccc(C(=O)O)c(NC2CCSCC2)c1. The summed E-state index contributed by atoms with van der Waals surface area (Å²) in [5.41, 5.74) is 2.21. The first-order chi connectivity index (χ1) is 8.16. The lowest BCUT2D eigenvalue weighted by Gasteiger charge is -2.24. The Morgan fingerprint density at radius 2 is 2.12 bits per heavy atom. The van der Waals surface area contributed by atoms with Gasteiger partial charge < -0.3 is 10.4 Å². The largest absolute Gasteiger partial charge is 0.478 e. The molecular weight excluding hydrogens is 234 g/mol. The summed E-state index contributed by atoms with van der Waals surface area (Å²) in [7, 11) is 0. The number of carboxylic acid groups (broad SMARTS) is 1. The molecule has 2 N–H and O–H groups in total. The van der Waals surface area contributed by atoms with Gasteiger partial charge in [-0.05, 0) is 49.0 Å². The molecule has 0 spiro atoms. The summed E-state index contributed by atoms with van der Waals surface area (Å²) < 4.78 is 0. The fraction of sp³-hybridized carbons (Fsp3) is 0.462. The van der Waals surface area contributed by atoms with E-state index in [1.54, 1.807) is 6.07 Å². The molecule has 1 aliphatic rings. The van der Waals surface area contributed by atoms with Crippen LogP contribution >= 0.6 is 11.8 Å². The summed E-state index contributed by atoms with van der Waals surface area (Å²) in [5, 5.41) is 12.5. The average Bonchev–Trinajstić information content (AvgIpc) is 2.30. The van der Waals surface area contributed by atoms with Crippen LogP contribution in [0.4, 0.5) is 5.69 Å². The van der Waals surface area contributed by atoms with E-state index in [1.807, 2.05) is 30.8 Å². The van der Waals surface area contributed by atoms with Crippen molar-refractivity contribution in [1.29, 1.82) is 0 Å². The fourth-order valence-electron chi connectivity index (χ4n) is 2.03. The van der Waals surface area contributed by atoms with Crippen LogP contribution in [0, 0.1) is 6.92 Å². The number of carbonyl (C=O) groups is 1. The molecule has 0 saturated carbocycles. The molecule has 0 atom stereocenters. The molecule has 0 unspecified atom stereocenters. The Balaban J connectivity index is 2.17. The zero-order valence-electron chi connectivity index (χ0n) is 9.90. The van der Waals surface area contributed by atoms with E-state index in [-0.39, 0.29) is 0 Å². The van der Waals surface area contributed by atoms with Gasteiger partial charge in [0.25, 0.3) is 0 Å².